The number of hydrogen-bond donors (Lipinski definition) is 2. The molecular formula is C10H17NO. The van der Waals surface area contributed by atoms with Gasteiger partial charge in [0.05, 0.1) is 5.60 Å². The average molecular weight is 167 g/mol. The Bertz CT molecular complexity index is 175. The van der Waals surface area contributed by atoms with Crippen molar-refractivity contribution in [3.63, 3.8) is 0 Å². The highest BCUT2D eigenvalue weighted by atomic mass is 16.3. The van der Waals surface area contributed by atoms with E-state index in [-0.39, 0.29) is 6.04 Å². The van der Waals surface area contributed by atoms with E-state index in [9.17, 15) is 5.11 Å². The Morgan fingerprint density at radius 2 is 2.42 bits per heavy atom. The summed E-state index contributed by atoms with van der Waals surface area (Å²) in [6.07, 6.45) is 9.06. The molecule has 0 amide bonds. The van der Waals surface area contributed by atoms with Crippen molar-refractivity contribution < 1.29 is 5.11 Å². The van der Waals surface area contributed by atoms with Gasteiger partial charge in [-0.15, -0.1) is 12.3 Å². The molecule has 2 heteroatoms. The predicted molar refractivity (Wildman–Crippen MR) is 49.7 cm³/mol. The van der Waals surface area contributed by atoms with Crippen LogP contribution in [0.1, 0.15) is 32.6 Å². The van der Waals surface area contributed by atoms with Crippen LogP contribution in [0.3, 0.4) is 0 Å². The van der Waals surface area contributed by atoms with E-state index in [4.69, 9.17) is 6.42 Å². The van der Waals surface area contributed by atoms with E-state index < -0.39 is 5.60 Å². The highest BCUT2D eigenvalue weighted by Gasteiger charge is 2.31. The summed E-state index contributed by atoms with van der Waals surface area (Å²) in [5, 5.41) is 13.2. The van der Waals surface area contributed by atoms with Crippen LogP contribution >= 0.6 is 0 Å². The zero-order chi connectivity index (χ0) is 9.03. The van der Waals surface area contributed by atoms with Gasteiger partial charge >= 0.3 is 0 Å². The van der Waals surface area contributed by atoms with Crippen molar-refractivity contribution in [2.45, 2.75) is 44.2 Å². The van der Waals surface area contributed by atoms with E-state index in [0.29, 0.717) is 6.42 Å². The lowest BCUT2D eigenvalue weighted by Gasteiger charge is -2.35. The van der Waals surface area contributed by atoms with E-state index in [2.05, 4.69) is 11.2 Å². The van der Waals surface area contributed by atoms with Gasteiger partial charge in [0.15, 0.2) is 0 Å². The molecule has 0 spiro atoms. The van der Waals surface area contributed by atoms with Gasteiger partial charge in [-0.1, -0.05) is 6.42 Å². The second kappa shape index (κ2) is 3.93. The van der Waals surface area contributed by atoms with Crippen LogP contribution in [0.15, 0.2) is 0 Å². The molecule has 68 valence electrons. The van der Waals surface area contributed by atoms with Gasteiger partial charge in [0.25, 0.3) is 0 Å². The molecule has 2 N–H and O–H groups in total. The maximum Gasteiger partial charge on any atom is 0.0880 e. The van der Waals surface area contributed by atoms with Gasteiger partial charge < -0.3 is 10.4 Å². The average Bonchev–Trinajstić information content (AvgIpc) is 2.06. The Balaban J connectivity index is 2.48. The molecule has 1 aliphatic heterocycles. The van der Waals surface area contributed by atoms with Crippen LogP contribution in [0.2, 0.25) is 0 Å². The third-order valence-electron chi connectivity index (χ3n) is 2.52. The van der Waals surface area contributed by atoms with Crippen LogP contribution < -0.4 is 5.32 Å². The lowest BCUT2D eigenvalue weighted by Crippen LogP contribution is -2.50. The molecule has 1 rings (SSSR count). The molecule has 0 aromatic heterocycles. The predicted octanol–water partition coefficient (Wildman–Crippen LogP) is 0.903. The fourth-order valence-electron chi connectivity index (χ4n) is 1.71. The van der Waals surface area contributed by atoms with Crippen molar-refractivity contribution in [2.75, 3.05) is 6.54 Å². The SMILES string of the molecule is C#CCC(C)(O)C1CCCCN1. The van der Waals surface area contributed by atoms with Crippen LogP contribution in [-0.2, 0) is 0 Å². The van der Waals surface area contributed by atoms with Gasteiger partial charge in [-0.25, -0.2) is 0 Å². The Morgan fingerprint density at radius 1 is 1.67 bits per heavy atom. The van der Waals surface area contributed by atoms with Gasteiger partial charge in [0, 0.05) is 12.5 Å². The van der Waals surface area contributed by atoms with Crippen molar-refractivity contribution in [3.8, 4) is 12.3 Å². The summed E-state index contributed by atoms with van der Waals surface area (Å²) in [6, 6.07) is 0.183. The zero-order valence-electron chi connectivity index (χ0n) is 7.64. The van der Waals surface area contributed by atoms with E-state index in [1.807, 2.05) is 6.92 Å². The molecule has 2 unspecified atom stereocenters. The standard InChI is InChI=1S/C10H17NO/c1-3-7-10(2,12)9-6-4-5-8-11-9/h1,9,11-12H,4-8H2,2H3. The molecule has 1 aliphatic rings. The molecule has 0 saturated carbocycles. The summed E-state index contributed by atoms with van der Waals surface area (Å²) in [7, 11) is 0. The summed E-state index contributed by atoms with van der Waals surface area (Å²) >= 11 is 0. The topological polar surface area (TPSA) is 32.3 Å². The maximum absolute atomic E-state index is 9.93. The molecule has 1 heterocycles. The molecule has 0 aromatic carbocycles. The van der Waals surface area contributed by atoms with E-state index in [0.717, 1.165) is 13.0 Å². The fraction of sp³-hybridized carbons (Fsp3) is 0.800. The first kappa shape index (κ1) is 9.57. The molecule has 2 atom stereocenters. The Labute approximate surface area is 74.4 Å². The molecule has 12 heavy (non-hydrogen) atoms. The smallest absolute Gasteiger partial charge is 0.0880 e. The summed E-state index contributed by atoms with van der Waals surface area (Å²) in [5.41, 5.74) is -0.727. The molecule has 1 saturated heterocycles. The van der Waals surface area contributed by atoms with Gasteiger partial charge in [-0.2, -0.15) is 0 Å². The zero-order valence-corrected chi connectivity index (χ0v) is 7.64. The molecule has 0 bridgehead atoms. The summed E-state index contributed by atoms with van der Waals surface area (Å²) < 4.78 is 0. The second-order valence-corrected chi connectivity index (χ2v) is 3.74. The van der Waals surface area contributed by atoms with Crippen LogP contribution in [0.25, 0.3) is 0 Å². The van der Waals surface area contributed by atoms with Crippen LogP contribution in [0.4, 0.5) is 0 Å². The van der Waals surface area contributed by atoms with Gasteiger partial charge in [0.1, 0.15) is 0 Å². The first-order valence-electron chi connectivity index (χ1n) is 4.56. The summed E-state index contributed by atoms with van der Waals surface area (Å²) in [6.45, 7) is 2.82. The summed E-state index contributed by atoms with van der Waals surface area (Å²) in [5.74, 6) is 2.52. The molecule has 1 fully saturated rings. The first-order valence-corrected chi connectivity index (χ1v) is 4.56. The minimum Gasteiger partial charge on any atom is -0.388 e. The molecular weight excluding hydrogens is 150 g/mol. The second-order valence-electron chi connectivity index (χ2n) is 3.74. The monoisotopic (exact) mass is 167 g/mol. The maximum atomic E-state index is 9.93. The summed E-state index contributed by atoms with van der Waals surface area (Å²) in [4.78, 5) is 0. The van der Waals surface area contributed by atoms with Crippen LogP contribution in [0, 0.1) is 12.3 Å². The number of nitrogens with one attached hydrogen (secondary N) is 1. The third-order valence-corrected chi connectivity index (χ3v) is 2.52. The fourth-order valence-corrected chi connectivity index (χ4v) is 1.71. The van der Waals surface area contributed by atoms with Crippen LogP contribution in [-0.4, -0.2) is 23.3 Å². The van der Waals surface area contributed by atoms with E-state index in [1.165, 1.54) is 12.8 Å². The molecule has 0 radical (unpaired) electrons. The Hall–Kier alpha value is -0.520. The van der Waals surface area contributed by atoms with E-state index in [1.54, 1.807) is 0 Å². The minimum absolute atomic E-state index is 0.183. The van der Waals surface area contributed by atoms with Crippen molar-refractivity contribution in [1.29, 1.82) is 0 Å². The molecule has 0 aliphatic carbocycles. The van der Waals surface area contributed by atoms with Crippen molar-refractivity contribution in [3.05, 3.63) is 0 Å². The largest absolute Gasteiger partial charge is 0.388 e. The lowest BCUT2D eigenvalue weighted by molar-refractivity contribution is 0.0147. The van der Waals surface area contributed by atoms with Gasteiger partial charge in [-0.3, -0.25) is 0 Å². The Kier molecular flexibility index (Phi) is 3.13. The third kappa shape index (κ3) is 2.23. The number of hydrogen-bond acceptors (Lipinski definition) is 2. The van der Waals surface area contributed by atoms with Gasteiger partial charge in [0.2, 0.25) is 0 Å². The van der Waals surface area contributed by atoms with Gasteiger partial charge in [-0.05, 0) is 26.3 Å². The minimum atomic E-state index is -0.727. The van der Waals surface area contributed by atoms with Crippen LogP contribution in [0.5, 0.6) is 0 Å². The number of terminal acetylenes is 1. The normalized spacial score (nSPS) is 28.9. The molecule has 0 aromatic rings. The highest BCUT2D eigenvalue weighted by Crippen LogP contribution is 2.21. The number of aliphatic hydroxyl groups is 1. The highest BCUT2D eigenvalue weighted by molar-refractivity contribution is 4.99. The van der Waals surface area contributed by atoms with Crippen molar-refractivity contribution in [1.82, 2.24) is 5.32 Å². The Morgan fingerprint density at radius 3 is 2.92 bits per heavy atom. The quantitative estimate of drug-likeness (QED) is 0.599. The number of rotatable bonds is 2. The van der Waals surface area contributed by atoms with E-state index >= 15 is 0 Å². The number of piperidine rings is 1. The van der Waals surface area contributed by atoms with Crippen molar-refractivity contribution >= 4 is 0 Å². The first-order chi connectivity index (χ1) is 5.67. The van der Waals surface area contributed by atoms with Crippen molar-refractivity contribution in [2.24, 2.45) is 0 Å². The lowest BCUT2D eigenvalue weighted by atomic mass is 9.87. The molecule has 2 nitrogen and oxygen atoms in total.